The number of aliphatic hydroxyl groups excluding tert-OH is 1. The summed E-state index contributed by atoms with van der Waals surface area (Å²) in [6, 6.07) is 1.95. The van der Waals surface area contributed by atoms with Crippen LogP contribution in [-0.2, 0) is 0 Å². The van der Waals surface area contributed by atoms with Gasteiger partial charge in [-0.3, -0.25) is 0 Å². The quantitative estimate of drug-likeness (QED) is 0.783. The van der Waals surface area contributed by atoms with Crippen LogP contribution in [0.25, 0.3) is 10.2 Å². The summed E-state index contributed by atoms with van der Waals surface area (Å²) in [5, 5.41) is 9.90. The van der Waals surface area contributed by atoms with Gasteiger partial charge in [-0.05, 0) is 6.07 Å². The van der Waals surface area contributed by atoms with Gasteiger partial charge in [0.05, 0.1) is 12.0 Å². The Morgan fingerprint density at radius 3 is 3.00 bits per heavy atom. The standard InChI is InChI=1S/C9H11N3OS/c1-5(3-13)7-2-6-8(10)11-4-12-9(6)14-7/h2,4-5,13H,3H2,1H3,(H2,10,11,12). The highest BCUT2D eigenvalue weighted by molar-refractivity contribution is 7.18. The molecule has 0 aliphatic rings. The number of thiophene rings is 1. The van der Waals surface area contributed by atoms with Crippen molar-refractivity contribution in [1.82, 2.24) is 9.97 Å². The summed E-state index contributed by atoms with van der Waals surface area (Å²) in [6.07, 6.45) is 1.46. The van der Waals surface area contributed by atoms with Crippen molar-refractivity contribution in [2.75, 3.05) is 12.3 Å². The number of hydrogen-bond donors (Lipinski definition) is 2. The summed E-state index contributed by atoms with van der Waals surface area (Å²) in [7, 11) is 0. The lowest BCUT2D eigenvalue weighted by Crippen LogP contribution is -1.94. The average Bonchev–Trinajstić information content (AvgIpc) is 2.62. The van der Waals surface area contributed by atoms with E-state index in [1.54, 1.807) is 11.3 Å². The van der Waals surface area contributed by atoms with E-state index in [2.05, 4.69) is 9.97 Å². The van der Waals surface area contributed by atoms with Crippen LogP contribution in [0, 0.1) is 0 Å². The second kappa shape index (κ2) is 3.51. The molecule has 0 amide bonds. The number of nitrogens with two attached hydrogens (primary N) is 1. The molecule has 2 aromatic heterocycles. The van der Waals surface area contributed by atoms with Crippen LogP contribution in [0.4, 0.5) is 5.82 Å². The zero-order valence-electron chi connectivity index (χ0n) is 7.77. The van der Waals surface area contributed by atoms with Crippen LogP contribution in [0.15, 0.2) is 12.4 Å². The molecule has 0 bridgehead atoms. The van der Waals surface area contributed by atoms with E-state index in [1.807, 2.05) is 13.0 Å². The van der Waals surface area contributed by atoms with Gasteiger partial charge in [-0.25, -0.2) is 9.97 Å². The van der Waals surface area contributed by atoms with Gasteiger partial charge in [-0.15, -0.1) is 11.3 Å². The summed E-state index contributed by atoms with van der Waals surface area (Å²) in [6.45, 7) is 2.11. The Balaban J connectivity index is 2.56. The molecule has 0 aliphatic carbocycles. The molecular weight excluding hydrogens is 198 g/mol. The van der Waals surface area contributed by atoms with E-state index in [1.165, 1.54) is 6.33 Å². The predicted molar refractivity (Wildman–Crippen MR) is 57.3 cm³/mol. The molecule has 0 aromatic carbocycles. The van der Waals surface area contributed by atoms with Crippen LogP contribution in [-0.4, -0.2) is 21.7 Å². The Bertz CT molecular complexity index is 454. The lowest BCUT2D eigenvalue weighted by molar-refractivity contribution is 0.274. The average molecular weight is 209 g/mol. The molecule has 5 heteroatoms. The Hall–Kier alpha value is -1.20. The highest BCUT2D eigenvalue weighted by Crippen LogP contribution is 2.31. The summed E-state index contributed by atoms with van der Waals surface area (Å²) in [5.41, 5.74) is 5.70. The predicted octanol–water partition coefficient (Wildman–Crippen LogP) is 1.37. The Morgan fingerprint density at radius 1 is 1.57 bits per heavy atom. The third-order valence-electron chi connectivity index (χ3n) is 2.14. The number of fused-ring (bicyclic) bond motifs is 1. The molecule has 0 spiro atoms. The number of hydrogen-bond acceptors (Lipinski definition) is 5. The van der Waals surface area contributed by atoms with E-state index in [-0.39, 0.29) is 12.5 Å². The van der Waals surface area contributed by atoms with Crippen molar-refractivity contribution in [3.63, 3.8) is 0 Å². The molecule has 4 nitrogen and oxygen atoms in total. The van der Waals surface area contributed by atoms with Crippen molar-refractivity contribution in [2.45, 2.75) is 12.8 Å². The van der Waals surface area contributed by atoms with E-state index >= 15 is 0 Å². The summed E-state index contributed by atoms with van der Waals surface area (Å²) in [5.74, 6) is 0.635. The second-order valence-electron chi connectivity index (χ2n) is 3.21. The maximum Gasteiger partial charge on any atom is 0.135 e. The van der Waals surface area contributed by atoms with Crippen LogP contribution >= 0.6 is 11.3 Å². The number of nitrogens with zero attached hydrogens (tertiary/aromatic N) is 2. The highest BCUT2D eigenvalue weighted by atomic mass is 32.1. The largest absolute Gasteiger partial charge is 0.396 e. The van der Waals surface area contributed by atoms with Gasteiger partial charge in [0.2, 0.25) is 0 Å². The molecule has 14 heavy (non-hydrogen) atoms. The Labute approximate surface area is 85.4 Å². The molecule has 0 radical (unpaired) electrons. The molecule has 2 rings (SSSR count). The van der Waals surface area contributed by atoms with E-state index < -0.39 is 0 Å². The first-order chi connectivity index (χ1) is 6.72. The van der Waals surface area contributed by atoms with Crippen LogP contribution in [0.3, 0.4) is 0 Å². The molecule has 74 valence electrons. The molecule has 0 saturated carbocycles. The Kier molecular flexibility index (Phi) is 2.35. The molecule has 1 atom stereocenters. The number of nitrogen functional groups attached to an aromatic ring is 1. The smallest absolute Gasteiger partial charge is 0.135 e. The third-order valence-corrected chi connectivity index (χ3v) is 3.41. The SMILES string of the molecule is CC(CO)c1cc2c(N)ncnc2s1. The lowest BCUT2D eigenvalue weighted by atomic mass is 10.1. The topological polar surface area (TPSA) is 72.0 Å². The molecule has 0 saturated heterocycles. The normalized spacial score (nSPS) is 13.3. The first kappa shape index (κ1) is 9.36. The second-order valence-corrected chi connectivity index (χ2v) is 4.27. The van der Waals surface area contributed by atoms with Crippen molar-refractivity contribution >= 4 is 27.4 Å². The van der Waals surface area contributed by atoms with Gasteiger partial charge in [0.25, 0.3) is 0 Å². The Morgan fingerprint density at radius 2 is 2.36 bits per heavy atom. The number of anilines is 1. The van der Waals surface area contributed by atoms with Crippen molar-refractivity contribution in [3.05, 3.63) is 17.3 Å². The molecule has 3 N–H and O–H groups in total. The zero-order valence-corrected chi connectivity index (χ0v) is 8.58. The van der Waals surface area contributed by atoms with E-state index in [4.69, 9.17) is 10.8 Å². The van der Waals surface area contributed by atoms with Gasteiger partial charge in [-0.1, -0.05) is 6.92 Å². The van der Waals surface area contributed by atoms with Gasteiger partial charge in [-0.2, -0.15) is 0 Å². The highest BCUT2D eigenvalue weighted by Gasteiger charge is 2.11. The first-order valence-electron chi connectivity index (χ1n) is 4.33. The fourth-order valence-electron chi connectivity index (χ4n) is 1.23. The lowest BCUT2D eigenvalue weighted by Gasteiger charge is -2.01. The number of rotatable bonds is 2. The molecule has 1 unspecified atom stereocenters. The van der Waals surface area contributed by atoms with Crippen molar-refractivity contribution < 1.29 is 5.11 Å². The number of aliphatic hydroxyl groups is 1. The van der Waals surface area contributed by atoms with Crippen LogP contribution in [0.2, 0.25) is 0 Å². The minimum Gasteiger partial charge on any atom is -0.396 e. The maximum absolute atomic E-state index is 9.02. The number of aromatic nitrogens is 2. The summed E-state index contributed by atoms with van der Waals surface area (Å²) < 4.78 is 0. The summed E-state index contributed by atoms with van der Waals surface area (Å²) >= 11 is 1.55. The fraction of sp³-hybridized carbons (Fsp3) is 0.333. The van der Waals surface area contributed by atoms with Crippen molar-refractivity contribution in [3.8, 4) is 0 Å². The van der Waals surface area contributed by atoms with E-state index in [9.17, 15) is 0 Å². The third kappa shape index (κ3) is 1.44. The molecule has 2 aromatic rings. The van der Waals surface area contributed by atoms with E-state index in [0.717, 1.165) is 15.1 Å². The molecule has 2 heterocycles. The van der Waals surface area contributed by atoms with Crippen LogP contribution in [0.1, 0.15) is 17.7 Å². The molecular formula is C9H11N3OS. The van der Waals surface area contributed by atoms with Crippen molar-refractivity contribution in [1.29, 1.82) is 0 Å². The van der Waals surface area contributed by atoms with Crippen LogP contribution in [0.5, 0.6) is 0 Å². The van der Waals surface area contributed by atoms with Gasteiger partial charge < -0.3 is 10.8 Å². The maximum atomic E-state index is 9.02. The van der Waals surface area contributed by atoms with Gasteiger partial charge in [0.1, 0.15) is 17.0 Å². The molecule has 0 fully saturated rings. The van der Waals surface area contributed by atoms with E-state index in [0.29, 0.717) is 5.82 Å². The fourth-order valence-corrected chi connectivity index (χ4v) is 2.27. The summed E-state index contributed by atoms with van der Waals surface area (Å²) in [4.78, 5) is 10.0. The molecule has 0 aliphatic heterocycles. The van der Waals surface area contributed by atoms with Gasteiger partial charge in [0.15, 0.2) is 0 Å². The monoisotopic (exact) mass is 209 g/mol. The first-order valence-corrected chi connectivity index (χ1v) is 5.14. The minimum absolute atomic E-state index is 0.133. The zero-order chi connectivity index (χ0) is 10.1. The van der Waals surface area contributed by atoms with Crippen molar-refractivity contribution in [2.24, 2.45) is 0 Å². The van der Waals surface area contributed by atoms with Crippen LogP contribution < -0.4 is 5.73 Å². The minimum atomic E-state index is 0.133. The van der Waals surface area contributed by atoms with Gasteiger partial charge in [0, 0.05) is 10.8 Å². The van der Waals surface area contributed by atoms with Gasteiger partial charge >= 0.3 is 0 Å².